The molecule has 0 N–H and O–H groups in total. The number of aliphatic imine (C=N–C) groups is 1. The lowest BCUT2D eigenvalue weighted by Gasteiger charge is -2.15. The van der Waals surface area contributed by atoms with E-state index in [0.29, 0.717) is 0 Å². The molecular weight excluding hydrogens is 338 g/mol. The van der Waals surface area contributed by atoms with Crippen LogP contribution in [0.4, 0.5) is 0 Å². The first-order valence-electron chi connectivity index (χ1n) is 9.04. The molecule has 0 atom stereocenters. The lowest BCUT2D eigenvalue weighted by molar-refractivity contribution is 0.950. The number of aryl methyl sites for hydroxylation is 1. The molecule has 3 nitrogen and oxygen atoms in total. The number of imidazole rings is 1. The van der Waals surface area contributed by atoms with Crippen molar-refractivity contribution in [3.05, 3.63) is 65.5 Å². The van der Waals surface area contributed by atoms with Crippen LogP contribution < -0.4 is 0 Å². The summed E-state index contributed by atoms with van der Waals surface area (Å²) in [4.78, 5) is 9.29. The van der Waals surface area contributed by atoms with Crippen molar-refractivity contribution < 1.29 is 0 Å². The van der Waals surface area contributed by atoms with Gasteiger partial charge in [0.2, 0.25) is 0 Å². The van der Waals surface area contributed by atoms with E-state index in [1.54, 1.807) is 5.41 Å². The Morgan fingerprint density at radius 2 is 1.77 bits per heavy atom. The second-order valence-electron chi connectivity index (χ2n) is 5.91. The van der Waals surface area contributed by atoms with Crippen molar-refractivity contribution in [1.82, 2.24) is 9.55 Å². The van der Waals surface area contributed by atoms with E-state index < -0.39 is 0 Å². The third-order valence-corrected chi connectivity index (χ3v) is 4.16. The van der Waals surface area contributed by atoms with E-state index in [4.69, 9.17) is 4.98 Å². The molecule has 3 rings (SSSR count). The van der Waals surface area contributed by atoms with Gasteiger partial charge in [0.15, 0.2) is 0 Å². The van der Waals surface area contributed by atoms with Crippen molar-refractivity contribution in [3.63, 3.8) is 0 Å². The van der Waals surface area contributed by atoms with E-state index in [1.165, 1.54) is 17.0 Å². The van der Waals surface area contributed by atoms with Crippen LogP contribution in [-0.4, -0.2) is 15.3 Å². The van der Waals surface area contributed by atoms with Gasteiger partial charge in [0.05, 0.1) is 5.69 Å². The standard InChI is InChI=1S/C20H21N3S.C2H6/c1-15-6-9-17(10-7-15)20-22-18(5-3-4-12-24)14-23(20)19-11-8-16(2)21-13-19;1-2/h3-7,9-10,12-14,24H,8,11H2,1-2H3;1-2H3/b5-3+,12-4-;. The molecule has 26 heavy (non-hydrogen) atoms. The van der Waals surface area contributed by atoms with Crippen LogP contribution in [0.3, 0.4) is 0 Å². The Bertz CT molecular complexity index is 837. The van der Waals surface area contributed by atoms with Crippen LogP contribution in [0, 0.1) is 6.92 Å². The maximum absolute atomic E-state index is 4.80. The minimum atomic E-state index is 0.921. The van der Waals surface area contributed by atoms with E-state index in [0.717, 1.165) is 29.9 Å². The zero-order chi connectivity index (χ0) is 18.9. The van der Waals surface area contributed by atoms with Crippen LogP contribution in [0.5, 0.6) is 0 Å². The Hall–Kier alpha value is -2.33. The Balaban J connectivity index is 0.00000117. The van der Waals surface area contributed by atoms with Gasteiger partial charge in [-0.2, -0.15) is 12.6 Å². The van der Waals surface area contributed by atoms with Crippen molar-refractivity contribution >= 4 is 30.1 Å². The summed E-state index contributed by atoms with van der Waals surface area (Å²) in [6, 6.07) is 8.47. The van der Waals surface area contributed by atoms with E-state index >= 15 is 0 Å². The van der Waals surface area contributed by atoms with Crippen LogP contribution in [0.15, 0.2) is 59.2 Å². The highest BCUT2D eigenvalue weighted by Gasteiger charge is 2.14. The average molecular weight is 366 g/mol. The van der Waals surface area contributed by atoms with Crippen molar-refractivity contribution in [3.8, 4) is 11.4 Å². The first-order chi connectivity index (χ1) is 12.7. The second kappa shape index (κ2) is 9.97. The van der Waals surface area contributed by atoms with Gasteiger partial charge in [-0.3, -0.25) is 4.99 Å². The predicted octanol–water partition coefficient (Wildman–Crippen LogP) is 6.39. The molecule has 1 aromatic carbocycles. The van der Waals surface area contributed by atoms with E-state index in [-0.39, 0.29) is 0 Å². The molecule has 1 aromatic heterocycles. The van der Waals surface area contributed by atoms with Crippen LogP contribution in [0.25, 0.3) is 23.2 Å². The Kier molecular flexibility index (Phi) is 7.67. The van der Waals surface area contributed by atoms with E-state index in [2.05, 4.69) is 66.5 Å². The molecule has 0 saturated heterocycles. The van der Waals surface area contributed by atoms with Crippen molar-refractivity contribution in [2.45, 2.75) is 40.5 Å². The summed E-state index contributed by atoms with van der Waals surface area (Å²) in [5, 5.41) is 1.70. The number of rotatable bonds is 4. The van der Waals surface area contributed by atoms with Gasteiger partial charge in [0.25, 0.3) is 0 Å². The number of allylic oxidation sites excluding steroid dienone is 3. The number of hydrogen-bond donors (Lipinski definition) is 1. The van der Waals surface area contributed by atoms with E-state index in [9.17, 15) is 0 Å². The largest absolute Gasteiger partial charge is 0.301 e. The molecule has 0 saturated carbocycles. The molecule has 1 aliphatic heterocycles. The molecule has 0 bridgehead atoms. The number of benzene rings is 1. The molecular formula is C22H27N3S. The zero-order valence-electron chi connectivity index (χ0n) is 16.0. The number of nitrogens with zero attached hydrogens (tertiary/aromatic N) is 3. The van der Waals surface area contributed by atoms with E-state index in [1.807, 2.05) is 38.3 Å². The molecule has 0 radical (unpaired) electrons. The minimum absolute atomic E-state index is 0.921. The van der Waals surface area contributed by atoms with Crippen molar-refractivity contribution in [2.75, 3.05) is 0 Å². The number of thiol groups is 1. The molecule has 2 aromatic rings. The maximum Gasteiger partial charge on any atom is 0.144 e. The fraction of sp³-hybridized carbons (Fsp3) is 0.273. The average Bonchev–Trinajstić information content (AvgIpc) is 3.09. The summed E-state index contributed by atoms with van der Waals surface area (Å²) in [5.74, 6) is 0.950. The normalized spacial score (nSPS) is 14.2. The SMILES string of the molecule is CC.CC1=NC=C(n2cc(/C=C/C=C\S)nc2-c2ccc(C)cc2)CC1. The summed E-state index contributed by atoms with van der Waals surface area (Å²) in [5.41, 5.74) is 5.62. The molecule has 0 spiro atoms. The quantitative estimate of drug-likeness (QED) is 0.493. The summed E-state index contributed by atoms with van der Waals surface area (Å²) in [7, 11) is 0. The molecule has 2 heterocycles. The van der Waals surface area contributed by atoms with Crippen LogP contribution in [0.1, 0.15) is 44.9 Å². The molecule has 4 heteroatoms. The molecule has 0 unspecified atom stereocenters. The fourth-order valence-electron chi connectivity index (χ4n) is 2.61. The third kappa shape index (κ3) is 5.09. The highest BCUT2D eigenvalue weighted by molar-refractivity contribution is 7.83. The summed E-state index contributed by atoms with van der Waals surface area (Å²) >= 11 is 4.07. The molecule has 136 valence electrons. The summed E-state index contributed by atoms with van der Waals surface area (Å²) in [6.07, 6.45) is 11.8. The van der Waals surface area contributed by atoms with Gasteiger partial charge in [-0.15, -0.1) is 0 Å². The van der Waals surface area contributed by atoms with Gasteiger partial charge in [0, 0.05) is 29.4 Å². The number of aromatic nitrogens is 2. The third-order valence-electron chi connectivity index (χ3n) is 3.98. The van der Waals surface area contributed by atoms with Crippen LogP contribution >= 0.6 is 12.6 Å². The minimum Gasteiger partial charge on any atom is -0.301 e. The summed E-state index contributed by atoms with van der Waals surface area (Å²) < 4.78 is 2.16. The van der Waals surface area contributed by atoms with Gasteiger partial charge >= 0.3 is 0 Å². The monoisotopic (exact) mass is 365 g/mol. The predicted molar refractivity (Wildman–Crippen MR) is 118 cm³/mol. The van der Waals surface area contributed by atoms with Gasteiger partial charge in [0.1, 0.15) is 5.82 Å². The van der Waals surface area contributed by atoms with Gasteiger partial charge in [-0.1, -0.05) is 55.8 Å². The molecule has 0 amide bonds. The first kappa shape index (κ1) is 20.0. The van der Waals surface area contributed by atoms with Gasteiger partial charge < -0.3 is 4.57 Å². The number of hydrogen-bond acceptors (Lipinski definition) is 3. The topological polar surface area (TPSA) is 30.2 Å². The molecule has 0 aliphatic carbocycles. The first-order valence-corrected chi connectivity index (χ1v) is 9.55. The Morgan fingerprint density at radius 1 is 1.04 bits per heavy atom. The maximum atomic E-state index is 4.80. The van der Waals surface area contributed by atoms with Crippen LogP contribution in [-0.2, 0) is 0 Å². The lowest BCUT2D eigenvalue weighted by Crippen LogP contribution is -2.05. The molecule has 1 aliphatic rings. The van der Waals surface area contributed by atoms with Crippen molar-refractivity contribution in [1.29, 1.82) is 0 Å². The second-order valence-corrected chi connectivity index (χ2v) is 6.21. The zero-order valence-corrected chi connectivity index (χ0v) is 16.9. The fourth-order valence-corrected chi connectivity index (χ4v) is 2.71. The smallest absolute Gasteiger partial charge is 0.144 e. The molecule has 0 fully saturated rings. The van der Waals surface area contributed by atoms with Crippen molar-refractivity contribution in [2.24, 2.45) is 4.99 Å². The summed E-state index contributed by atoms with van der Waals surface area (Å²) in [6.45, 7) is 8.16. The van der Waals surface area contributed by atoms with Gasteiger partial charge in [-0.25, -0.2) is 4.98 Å². The Labute approximate surface area is 162 Å². The highest BCUT2D eigenvalue weighted by Crippen LogP contribution is 2.27. The highest BCUT2D eigenvalue weighted by atomic mass is 32.1. The van der Waals surface area contributed by atoms with Crippen LogP contribution in [0.2, 0.25) is 0 Å². The lowest BCUT2D eigenvalue weighted by atomic mass is 10.1. The Morgan fingerprint density at radius 3 is 2.38 bits per heavy atom. The van der Waals surface area contributed by atoms with Gasteiger partial charge in [-0.05, 0) is 38.2 Å².